The van der Waals surface area contributed by atoms with Crippen LogP contribution in [0.4, 0.5) is 21.8 Å². The molecule has 0 unspecified atom stereocenters. The summed E-state index contributed by atoms with van der Waals surface area (Å²) >= 11 is 0. The van der Waals surface area contributed by atoms with Gasteiger partial charge in [0.15, 0.2) is 0 Å². The van der Waals surface area contributed by atoms with Crippen LogP contribution in [-0.4, -0.2) is 36.6 Å². The van der Waals surface area contributed by atoms with Crippen LogP contribution in [0.1, 0.15) is 30.4 Å². The summed E-state index contributed by atoms with van der Waals surface area (Å²) in [5, 5.41) is 5.63. The van der Waals surface area contributed by atoms with Crippen molar-refractivity contribution in [1.82, 2.24) is 15.3 Å². The molecule has 4 rings (SSSR count). The van der Waals surface area contributed by atoms with E-state index in [2.05, 4.69) is 25.5 Å². The Morgan fingerprint density at radius 3 is 2.55 bits per heavy atom. The van der Waals surface area contributed by atoms with Crippen LogP contribution in [0.25, 0.3) is 0 Å². The quantitative estimate of drug-likeness (QED) is 0.511. The number of piperidine rings is 1. The van der Waals surface area contributed by atoms with Gasteiger partial charge in [-0.05, 0) is 43.9 Å². The Labute approximate surface area is 194 Å². The van der Waals surface area contributed by atoms with Gasteiger partial charge >= 0.3 is 0 Å². The number of nitrogens with zero attached hydrogens (tertiary/aromatic N) is 3. The number of ether oxygens (including phenoxy) is 1. The van der Waals surface area contributed by atoms with Crippen molar-refractivity contribution in [3.05, 3.63) is 71.7 Å². The van der Waals surface area contributed by atoms with Gasteiger partial charge in [-0.15, -0.1) is 0 Å². The zero-order valence-corrected chi connectivity index (χ0v) is 19.1. The van der Waals surface area contributed by atoms with Crippen molar-refractivity contribution < 1.29 is 13.9 Å². The zero-order valence-electron chi connectivity index (χ0n) is 19.1. The summed E-state index contributed by atoms with van der Waals surface area (Å²) in [6.45, 7) is 4.69. The fraction of sp³-hybridized carbons (Fsp3) is 0.320. The van der Waals surface area contributed by atoms with E-state index in [1.165, 1.54) is 44.1 Å². The number of hydrogen-bond donors (Lipinski definition) is 2. The highest BCUT2D eigenvalue weighted by Gasteiger charge is 2.13. The fourth-order valence-corrected chi connectivity index (χ4v) is 3.46. The maximum absolute atomic E-state index is 13.5. The number of hydrogen-bond acceptors (Lipinski definition) is 6. The molecule has 0 atom stereocenters. The molecule has 1 aromatic heterocycles. The summed E-state index contributed by atoms with van der Waals surface area (Å²) in [6, 6.07) is 14.4. The van der Waals surface area contributed by atoms with E-state index < -0.39 is 0 Å². The number of carbonyl (C=O) groups excluding carboxylic acids is 1. The predicted molar refractivity (Wildman–Crippen MR) is 128 cm³/mol. The number of aromatic nitrogens is 2. The average Bonchev–Trinajstić information content (AvgIpc) is 2.84. The Kier molecular flexibility index (Phi) is 8.99. The van der Waals surface area contributed by atoms with Crippen LogP contribution in [-0.2, 0) is 11.3 Å². The molecule has 0 bridgehead atoms. The van der Waals surface area contributed by atoms with E-state index in [9.17, 15) is 9.18 Å². The fourth-order valence-electron chi connectivity index (χ4n) is 3.46. The number of halogens is 1. The first-order valence-corrected chi connectivity index (χ1v) is 11.0. The lowest BCUT2D eigenvalue weighted by Crippen LogP contribution is -2.30. The van der Waals surface area contributed by atoms with E-state index in [0.29, 0.717) is 30.3 Å². The van der Waals surface area contributed by atoms with Crippen molar-refractivity contribution in [3.63, 3.8) is 0 Å². The molecule has 1 aliphatic heterocycles. The van der Waals surface area contributed by atoms with Crippen molar-refractivity contribution in [2.75, 3.05) is 30.4 Å². The Balaban J connectivity index is 0.000000235. The molecule has 0 aliphatic carbocycles. The molecule has 7 nitrogen and oxygen atoms in total. The molecule has 2 aromatic carbocycles. The maximum atomic E-state index is 13.5. The van der Waals surface area contributed by atoms with Crippen LogP contribution in [0.2, 0.25) is 0 Å². The van der Waals surface area contributed by atoms with E-state index in [1.54, 1.807) is 12.3 Å². The SMILES string of the molecule is COc1cc(F)cc(Nc2nccc(N3CCCCC3)n2)c1.Cc1ccc(CNC=O)cc1. The third-order valence-electron chi connectivity index (χ3n) is 5.19. The van der Waals surface area contributed by atoms with Gasteiger partial charge in [-0.25, -0.2) is 9.37 Å². The highest BCUT2D eigenvalue weighted by Crippen LogP contribution is 2.23. The largest absolute Gasteiger partial charge is 0.497 e. The van der Waals surface area contributed by atoms with Crippen LogP contribution in [0, 0.1) is 12.7 Å². The van der Waals surface area contributed by atoms with Gasteiger partial charge in [0, 0.05) is 43.7 Å². The van der Waals surface area contributed by atoms with Crippen molar-refractivity contribution in [3.8, 4) is 5.75 Å². The zero-order chi connectivity index (χ0) is 23.5. The highest BCUT2D eigenvalue weighted by molar-refractivity contribution is 5.57. The number of rotatable bonds is 7. The molecule has 2 heterocycles. The molecule has 1 saturated heterocycles. The van der Waals surface area contributed by atoms with Gasteiger partial charge in [0.05, 0.1) is 7.11 Å². The summed E-state index contributed by atoms with van der Waals surface area (Å²) in [5.41, 5.74) is 2.93. The third-order valence-corrected chi connectivity index (χ3v) is 5.19. The number of carbonyl (C=O) groups is 1. The van der Waals surface area contributed by atoms with E-state index in [1.807, 2.05) is 37.3 Å². The third kappa shape index (κ3) is 7.75. The highest BCUT2D eigenvalue weighted by atomic mass is 19.1. The number of methoxy groups -OCH3 is 1. The molecule has 2 N–H and O–H groups in total. The first-order valence-electron chi connectivity index (χ1n) is 11.0. The molecule has 0 saturated carbocycles. The minimum atomic E-state index is -0.367. The maximum Gasteiger partial charge on any atom is 0.229 e. The minimum Gasteiger partial charge on any atom is -0.497 e. The summed E-state index contributed by atoms with van der Waals surface area (Å²) in [5.74, 6) is 1.44. The standard InChI is InChI=1S/C16H19FN4O.C9H11NO/c1-22-14-10-12(17)9-13(11-14)19-16-18-6-5-15(20-16)21-7-3-2-4-8-21;1-8-2-4-9(5-3-8)6-10-7-11/h5-6,9-11H,2-4,7-8H2,1H3,(H,18,19,20);2-5,7H,6H2,1H3,(H,10,11). The summed E-state index contributed by atoms with van der Waals surface area (Å²) in [7, 11) is 1.51. The topological polar surface area (TPSA) is 79.4 Å². The average molecular weight is 452 g/mol. The smallest absolute Gasteiger partial charge is 0.229 e. The number of nitrogens with one attached hydrogen (secondary N) is 2. The summed E-state index contributed by atoms with van der Waals surface area (Å²) < 4.78 is 18.6. The molecule has 174 valence electrons. The van der Waals surface area contributed by atoms with Crippen LogP contribution >= 0.6 is 0 Å². The van der Waals surface area contributed by atoms with Crippen LogP contribution in [0.3, 0.4) is 0 Å². The molecule has 33 heavy (non-hydrogen) atoms. The monoisotopic (exact) mass is 451 g/mol. The molecule has 1 aliphatic rings. The first kappa shape index (κ1) is 24.0. The molecule has 0 spiro atoms. The van der Waals surface area contributed by atoms with E-state index in [-0.39, 0.29) is 5.82 Å². The number of amides is 1. The van der Waals surface area contributed by atoms with Gasteiger partial charge in [0.2, 0.25) is 12.4 Å². The summed E-state index contributed by atoms with van der Waals surface area (Å²) in [6.07, 6.45) is 6.08. The Hall–Kier alpha value is -3.68. The molecule has 1 fully saturated rings. The Bertz CT molecular complexity index is 1020. The molecular formula is C25H30FN5O2. The molecule has 0 radical (unpaired) electrons. The second-order valence-electron chi connectivity index (χ2n) is 7.78. The van der Waals surface area contributed by atoms with Gasteiger partial charge in [-0.3, -0.25) is 4.79 Å². The Morgan fingerprint density at radius 2 is 1.85 bits per heavy atom. The van der Waals surface area contributed by atoms with Crippen molar-refractivity contribution in [2.45, 2.75) is 32.7 Å². The van der Waals surface area contributed by atoms with Gasteiger partial charge in [-0.2, -0.15) is 4.98 Å². The summed E-state index contributed by atoms with van der Waals surface area (Å²) in [4.78, 5) is 20.9. The van der Waals surface area contributed by atoms with Crippen LogP contribution in [0.5, 0.6) is 5.75 Å². The van der Waals surface area contributed by atoms with Gasteiger partial charge in [-0.1, -0.05) is 29.8 Å². The minimum absolute atomic E-state index is 0.367. The lowest BCUT2D eigenvalue weighted by molar-refractivity contribution is -0.109. The van der Waals surface area contributed by atoms with Gasteiger partial charge in [0.1, 0.15) is 17.4 Å². The number of aryl methyl sites for hydroxylation is 1. The van der Waals surface area contributed by atoms with E-state index in [0.717, 1.165) is 24.5 Å². The van der Waals surface area contributed by atoms with Crippen LogP contribution < -0.4 is 20.3 Å². The van der Waals surface area contributed by atoms with Crippen molar-refractivity contribution >= 4 is 23.9 Å². The van der Waals surface area contributed by atoms with Crippen molar-refractivity contribution in [2.24, 2.45) is 0 Å². The van der Waals surface area contributed by atoms with Gasteiger partial charge in [0.25, 0.3) is 0 Å². The van der Waals surface area contributed by atoms with Crippen LogP contribution in [0.15, 0.2) is 54.7 Å². The molecule has 1 amide bonds. The Morgan fingerprint density at radius 1 is 1.09 bits per heavy atom. The molecule has 3 aromatic rings. The molecule has 8 heteroatoms. The lowest BCUT2D eigenvalue weighted by Gasteiger charge is -2.27. The second kappa shape index (κ2) is 12.4. The van der Waals surface area contributed by atoms with E-state index in [4.69, 9.17) is 4.74 Å². The number of anilines is 3. The predicted octanol–water partition coefficient (Wildman–Crippen LogP) is 4.60. The second-order valence-corrected chi connectivity index (χ2v) is 7.78. The molecular weight excluding hydrogens is 421 g/mol. The van der Waals surface area contributed by atoms with E-state index >= 15 is 0 Å². The lowest BCUT2D eigenvalue weighted by atomic mass is 10.1. The normalized spacial score (nSPS) is 12.9. The first-order chi connectivity index (χ1) is 16.1. The number of benzene rings is 2. The van der Waals surface area contributed by atoms with Gasteiger partial charge < -0.3 is 20.3 Å². The van der Waals surface area contributed by atoms with Crippen molar-refractivity contribution in [1.29, 1.82) is 0 Å².